The van der Waals surface area contributed by atoms with Gasteiger partial charge in [0.25, 0.3) is 0 Å². The van der Waals surface area contributed by atoms with Crippen LogP contribution in [0.2, 0.25) is 0 Å². The zero-order valence-electron chi connectivity index (χ0n) is 19.8. The number of quaternary nitrogens is 1. The molecule has 0 aliphatic heterocycles. The summed E-state index contributed by atoms with van der Waals surface area (Å²) < 4.78 is 1.25. The Hall–Kier alpha value is 0.250. The van der Waals surface area contributed by atoms with Crippen LogP contribution in [0, 0.1) is 0 Å². The molecule has 0 amide bonds. The predicted molar refractivity (Wildman–Crippen MR) is 121 cm³/mol. The van der Waals surface area contributed by atoms with Crippen molar-refractivity contribution in [1.29, 1.82) is 0 Å². The minimum absolute atomic E-state index is 0. The van der Waals surface area contributed by atoms with Crippen LogP contribution in [0.15, 0.2) is 0 Å². The lowest BCUT2D eigenvalue weighted by atomic mass is 9.98. The normalized spacial score (nSPS) is 12.8. The van der Waals surface area contributed by atoms with E-state index in [-0.39, 0.29) is 12.4 Å². The second kappa shape index (κ2) is 21.0. The molecule has 0 saturated heterocycles. The first-order chi connectivity index (χ1) is 12.6. The molecular weight excluding hydrogens is 350 g/mol. The molecular formula is C25H54ClN. The van der Waals surface area contributed by atoms with E-state index in [0.29, 0.717) is 0 Å². The molecule has 0 aromatic carbocycles. The Morgan fingerprint density at radius 3 is 1.22 bits per heavy atom. The maximum atomic E-state index is 2.47. The van der Waals surface area contributed by atoms with Gasteiger partial charge in [-0.15, -0.1) is 0 Å². The van der Waals surface area contributed by atoms with Crippen molar-refractivity contribution in [3.8, 4) is 0 Å². The van der Waals surface area contributed by atoms with Crippen LogP contribution < -0.4 is 12.4 Å². The molecule has 0 rings (SSSR count). The highest BCUT2D eigenvalue weighted by Gasteiger charge is 2.26. The number of hydrogen-bond acceptors (Lipinski definition) is 0. The SMILES string of the molecule is CCCCCCCCCCCCCCC(CCCCC)[N+](C)(C)CCC.[Cl-]. The van der Waals surface area contributed by atoms with Crippen molar-refractivity contribution in [1.82, 2.24) is 0 Å². The predicted octanol–water partition coefficient (Wildman–Crippen LogP) is 5.52. The van der Waals surface area contributed by atoms with E-state index in [4.69, 9.17) is 0 Å². The molecule has 0 N–H and O–H groups in total. The Balaban J connectivity index is 0. The number of unbranched alkanes of at least 4 members (excludes halogenated alkanes) is 13. The van der Waals surface area contributed by atoms with Crippen LogP contribution in [0.3, 0.4) is 0 Å². The highest BCUT2D eigenvalue weighted by atomic mass is 35.5. The third-order valence-electron chi connectivity index (χ3n) is 6.32. The van der Waals surface area contributed by atoms with Gasteiger partial charge in [0, 0.05) is 0 Å². The summed E-state index contributed by atoms with van der Waals surface area (Å²) in [6, 6.07) is 0.893. The molecule has 0 fully saturated rings. The zero-order valence-corrected chi connectivity index (χ0v) is 20.6. The first-order valence-corrected chi connectivity index (χ1v) is 12.4. The number of nitrogens with zero attached hydrogens (tertiary/aromatic N) is 1. The van der Waals surface area contributed by atoms with E-state index >= 15 is 0 Å². The summed E-state index contributed by atoms with van der Waals surface area (Å²) >= 11 is 0. The van der Waals surface area contributed by atoms with Gasteiger partial charge in [-0.2, -0.15) is 0 Å². The summed E-state index contributed by atoms with van der Waals surface area (Å²) in [6.45, 7) is 8.31. The minimum Gasteiger partial charge on any atom is -1.00 e. The third kappa shape index (κ3) is 18.0. The van der Waals surface area contributed by atoms with Crippen LogP contribution in [0.5, 0.6) is 0 Å². The van der Waals surface area contributed by atoms with Gasteiger partial charge in [-0.1, -0.05) is 104 Å². The van der Waals surface area contributed by atoms with E-state index in [1.165, 1.54) is 127 Å². The second-order valence-electron chi connectivity index (χ2n) is 9.33. The molecule has 166 valence electrons. The van der Waals surface area contributed by atoms with Gasteiger partial charge >= 0.3 is 0 Å². The molecule has 1 unspecified atom stereocenters. The third-order valence-corrected chi connectivity index (χ3v) is 6.32. The van der Waals surface area contributed by atoms with Gasteiger partial charge in [0.2, 0.25) is 0 Å². The molecule has 27 heavy (non-hydrogen) atoms. The van der Waals surface area contributed by atoms with Crippen molar-refractivity contribution < 1.29 is 16.9 Å². The van der Waals surface area contributed by atoms with Crippen molar-refractivity contribution in [2.24, 2.45) is 0 Å². The Morgan fingerprint density at radius 1 is 0.481 bits per heavy atom. The molecule has 0 aliphatic carbocycles. The number of rotatable bonds is 20. The van der Waals surface area contributed by atoms with Crippen molar-refractivity contribution in [3.05, 3.63) is 0 Å². The van der Waals surface area contributed by atoms with Crippen molar-refractivity contribution >= 4 is 0 Å². The molecule has 0 saturated carbocycles. The lowest BCUT2D eigenvalue weighted by Crippen LogP contribution is -3.00. The van der Waals surface area contributed by atoms with E-state index in [1.807, 2.05) is 0 Å². The fraction of sp³-hybridized carbons (Fsp3) is 1.00. The van der Waals surface area contributed by atoms with Crippen LogP contribution in [0.1, 0.15) is 136 Å². The Labute approximate surface area is 180 Å². The summed E-state index contributed by atoms with van der Waals surface area (Å²) in [5.74, 6) is 0. The highest BCUT2D eigenvalue weighted by molar-refractivity contribution is 4.61. The average Bonchev–Trinajstić information content (AvgIpc) is 2.61. The maximum absolute atomic E-state index is 2.47. The van der Waals surface area contributed by atoms with Gasteiger partial charge in [0.15, 0.2) is 0 Å². The molecule has 0 bridgehead atoms. The quantitative estimate of drug-likeness (QED) is 0.185. The molecule has 0 spiro atoms. The molecule has 0 aromatic rings. The van der Waals surface area contributed by atoms with Crippen LogP contribution in [0.25, 0.3) is 0 Å². The van der Waals surface area contributed by atoms with Crippen molar-refractivity contribution in [3.63, 3.8) is 0 Å². The molecule has 0 aromatic heterocycles. The Bertz CT molecular complexity index is 277. The fourth-order valence-corrected chi connectivity index (χ4v) is 4.45. The summed E-state index contributed by atoms with van der Waals surface area (Å²) in [5.41, 5.74) is 0. The summed E-state index contributed by atoms with van der Waals surface area (Å²) in [4.78, 5) is 0. The monoisotopic (exact) mass is 403 g/mol. The number of hydrogen-bond donors (Lipinski definition) is 0. The topological polar surface area (TPSA) is 0 Å². The van der Waals surface area contributed by atoms with E-state index in [2.05, 4.69) is 34.9 Å². The molecule has 1 atom stereocenters. The standard InChI is InChI=1S/C25H54N.ClH/c1-6-9-11-12-13-14-15-16-17-18-19-21-23-25(22-20-10-7-2)26(4,5)24-8-3;/h25H,6-24H2,1-5H3;1H/q+1;/p-1. The van der Waals surface area contributed by atoms with Gasteiger partial charge in [0.05, 0.1) is 26.7 Å². The minimum atomic E-state index is 0. The molecule has 0 radical (unpaired) electrons. The van der Waals surface area contributed by atoms with E-state index < -0.39 is 0 Å². The molecule has 0 aliphatic rings. The fourth-order valence-electron chi connectivity index (χ4n) is 4.45. The van der Waals surface area contributed by atoms with Crippen LogP contribution in [0.4, 0.5) is 0 Å². The summed E-state index contributed by atoms with van der Waals surface area (Å²) in [5, 5.41) is 0. The van der Waals surface area contributed by atoms with Gasteiger partial charge in [-0.3, -0.25) is 0 Å². The van der Waals surface area contributed by atoms with Crippen molar-refractivity contribution in [2.75, 3.05) is 20.6 Å². The van der Waals surface area contributed by atoms with Crippen LogP contribution in [-0.2, 0) is 0 Å². The van der Waals surface area contributed by atoms with E-state index in [1.54, 1.807) is 0 Å². The Kier molecular flexibility index (Phi) is 22.9. The number of halogens is 1. The van der Waals surface area contributed by atoms with Gasteiger partial charge in [-0.25, -0.2) is 0 Å². The average molecular weight is 404 g/mol. The molecule has 0 heterocycles. The highest BCUT2D eigenvalue weighted by Crippen LogP contribution is 2.22. The zero-order chi connectivity index (χ0) is 19.5. The lowest BCUT2D eigenvalue weighted by molar-refractivity contribution is -0.916. The van der Waals surface area contributed by atoms with Gasteiger partial charge < -0.3 is 16.9 Å². The smallest absolute Gasteiger partial charge is 0.0886 e. The van der Waals surface area contributed by atoms with Gasteiger partial charge in [-0.05, 0) is 32.1 Å². The van der Waals surface area contributed by atoms with Gasteiger partial charge in [0.1, 0.15) is 0 Å². The second-order valence-corrected chi connectivity index (χ2v) is 9.33. The molecule has 2 heteroatoms. The van der Waals surface area contributed by atoms with E-state index in [9.17, 15) is 0 Å². The van der Waals surface area contributed by atoms with Crippen molar-refractivity contribution in [2.45, 2.75) is 142 Å². The van der Waals surface area contributed by atoms with E-state index in [0.717, 1.165) is 6.04 Å². The largest absolute Gasteiger partial charge is 1.00 e. The summed E-state index contributed by atoms with van der Waals surface area (Å²) in [6.07, 6.45) is 25.9. The van der Waals surface area contributed by atoms with Crippen LogP contribution in [-0.4, -0.2) is 31.2 Å². The first-order valence-electron chi connectivity index (χ1n) is 12.4. The first kappa shape index (κ1) is 29.5. The lowest BCUT2D eigenvalue weighted by Gasteiger charge is -2.38. The molecule has 1 nitrogen and oxygen atoms in total. The van der Waals surface area contributed by atoms with Crippen LogP contribution >= 0.6 is 0 Å². The summed E-state index contributed by atoms with van der Waals surface area (Å²) in [7, 11) is 4.95. The Morgan fingerprint density at radius 2 is 0.815 bits per heavy atom. The maximum Gasteiger partial charge on any atom is 0.0886 e.